The number of carbonyl (C=O) groups is 1. The number of hydrogen-bond donors (Lipinski definition) is 1. The van der Waals surface area contributed by atoms with Gasteiger partial charge in [0.25, 0.3) is 5.91 Å². The summed E-state index contributed by atoms with van der Waals surface area (Å²) in [5, 5.41) is 8.79. The summed E-state index contributed by atoms with van der Waals surface area (Å²) in [5.74, 6) is 0.715. The second-order valence-electron chi connectivity index (χ2n) is 3.98. The van der Waals surface area contributed by atoms with E-state index >= 15 is 0 Å². The summed E-state index contributed by atoms with van der Waals surface area (Å²) in [5.41, 5.74) is 0.932. The Morgan fingerprint density at radius 2 is 1.94 bits per heavy atom. The first-order valence-corrected chi connectivity index (χ1v) is 5.74. The van der Waals surface area contributed by atoms with E-state index in [9.17, 15) is 4.79 Å². The molecule has 2 aromatic rings. The minimum atomic E-state index is -0.230. The number of rotatable bonds is 4. The third kappa shape index (κ3) is 2.60. The van der Waals surface area contributed by atoms with Gasteiger partial charge in [-0.2, -0.15) is 0 Å². The molecular formula is C14H15NO3. The molecule has 0 fully saturated rings. The van der Waals surface area contributed by atoms with Crippen molar-refractivity contribution in [3.8, 4) is 11.3 Å². The first-order chi connectivity index (χ1) is 8.72. The van der Waals surface area contributed by atoms with Gasteiger partial charge in [-0.25, -0.2) is 0 Å². The Balaban J connectivity index is 2.18. The largest absolute Gasteiger partial charge is 0.451 e. The van der Waals surface area contributed by atoms with Crippen LogP contribution in [0.5, 0.6) is 0 Å². The van der Waals surface area contributed by atoms with Gasteiger partial charge < -0.3 is 14.4 Å². The molecule has 0 radical (unpaired) electrons. The maximum absolute atomic E-state index is 11.9. The number of aliphatic hydroxyl groups is 1. The maximum atomic E-state index is 11.9. The van der Waals surface area contributed by atoms with Crippen LogP contribution in [-0.2, 0) is 0 Å². The molecule has 1 amide bonds. The van der Waals surface area contributed by atoms with Crippen molar-refractivity contribution in [1.82, 2.24) is 4.90 Å². The highest BCUT2D eigenvalue weighted by molar-refractivity contribution is 5.91. The number of likely N-dealkylation sites (N-methyl/N-ethyl adjacent to an activating group) is 1. The van der Waals surface area contributed by atoms with Gasteiger partial charge >= 0.3 is 0 Å². The molecule has 0 aliphatic rings. The predicted octanol–water partition coefficient (Wildman–Crippen LogP) is 2.01. The summed E-state index contributed by atoms with van der Waals surface area (Å²) in [6, 6.07) is 13.0. The van der Waals surface area contributed by atoms with E-state index in [4.69, 9.17) is 9.52 Å². The van der Waals surface area contributed by atoms with Crippen molar-refractivity contribution in [3.63, 3.8) is 0 Å². The summed E-state index contributed by atoms with van der Waals surface area (Å²) >= 11 is 0. The summed E-state index contributed by atoms with van der Waals surface area (Å²) in [6.45, 7) is 0.231. The van der Waals surface area contributed by atoms with Crippen LogP contribution in [-0.4, -0.2) is 36.1 Å². The molecular weight excluding hydrogens is 230 g/mol. The van der Waals surface area contributed by atoms with E-state index in [0.717, 1.165) is 5.56 Å². The molecule has 0 aliphatic heterocycles. The maximum Gasteiger partial charge on any atom is 0.289 e. The van der Waals surface area contributed by atoms with Crippen LogP contribution in [0.2, 0.25) is 0 Å². The van der Waals surface area contributed by atoms with Crippen molar-refractivity contribution >= 4 is 5.91 Å². The van der Waals surface area contributed by atoms with Crippen LogP contribution in [0.25, 0.3) is 11.3 Å². The highest BCUT2D eigenvalue weighted by Gasteiger charge is 2.15. The molecule has 1 aromatic heterocycles. The fourth-order valence-electron chi connectivity index (χ4n) is 1.65. The van der Waals surface area contributed by atoms with Crippen LogP contribution in [0, 0.1) is 0 Å². The van der Waals surface area contributed by atoms with Gasteiger partial charge in [0.1, 0.15) is 5.76 Å². The van der Waals surface area contributed by atoms with Crippen molar-refractivity contribution in [3.05, 3.63) is 48.2 Å². The standard InChI is InChI=1S/C14H15NO3/c1-15(9-10-16)14(17)13-8-7-12(18-13)11-5-3-2-4-6-11/h2-8,16H,9-10H2,1H3. The second-order valence-corrected chi connectivity index (χ2v) is 3.98. The summed E-state index contributed by atoms with van der Waals surface area (Å²) in [4.78, 5) is 13.3. The second kappa shape index (κ2) is 5.51. The lowest BCUT2D eigenvalue weighted by atomic mass is 10.2. The Labute approximate surface area is 105 Å². The van der Waals surface area contributed by atoms with Crippen LogP contribution in [0.4, 0.5) is 0 Å². The molecule has 4 nitrogen and oxygen atoms in total. The lowest BCUT2D eigenvalue weighted by Crippen LogP contribution is -2.29. The fourth-order valence-corrected chi connectivity index (χ4v) is 1.65. The minimum Gasteiger partial charge on any atom is -0.451 e. The van der Waals surface area contributed by atoms with Crippen LogP contribution in [0.1, 0.15) is 10.6 Å². The number of nitrogens with zero attached hydrogens (tertiary/aromatic N) is 1. The number of benzene rings is 1. The summed E-state index contributed by atoms with van der Waals surface area (Å²) < 4.78 is 5.53. The van der Waals surface area contributed by atoms with Crippen LogP contribution < -0.4 is 0 Å². The average molecular weight is 245 g/mol. The molecule has 0 saturated carbocycles. The average Bonchev–Trinajstić information content (AvgIpc) is 2.89. The normalized spacial score (nSPS) is 10.3. The van der Waals surface area contributed by atoms with Gasteiger partial charge in [0.05, 0.1) is 6.61 Å². The SMILES string of the molecule is CN(CCO)C(=O)c1ccc(-c2ccccc2)o1. The van der Waals surface area contributed by atoms with Gasteiger partial charge in [0.15, 0.2) is 5.76 Å². The number of amides is 1. The number of furan rings is 1. The molecule has 0 spiro atoms. The van der Waals surface area contributed by atoms with Gasteiger partial charge in [0, 0.05) is 19.2 Å². The van der Waals surface area contributed by atoms with Crippen molar-refractivity contribution in [1.29, 1.82) is 0 Å². The fraction of sp³-hybridized carbons (Fsp3) is 0.214. The first kappa shape index (κ1) is 12.4. The van der Waals surface area contributed by atoms with E-state index < -0.39 is 0 Å². The highest BCUT2D eigenvalue weighted by Crippen LogP contribution is 2.22. The molecule has 2 rings (SSSR count). The van der Waals surface area contributed by atoms with Gasteiger partial charge in [-0.3, -0.25) is 4.79 Å². The number of carbonyl (C=O) groups excluding carboxylic acids is 1. The molecule has 4 heteroatoms. The topological polar surface area (TPSA) is 53.7 Å². The molecule has 0 saturated heterocycles. The van der Waals surface area contributed by atoms with Crippen molar-refractivity contribution in [2.75, 3.05) is 20.2 Å². The van der Waals surface area contributed by atoms with E-state index in [1.54, 1.807) is 19.2 Å². The molecule has 1 N–H and O–H groups in total. The summed E-state index contributed by atoms with van der Waals surface area (Å²) in [7, 11) is 1.63. The Kier molecular flexibility index (Phi) is 3.79. The molecule has 94 valence electrons. The van der Waals surface area contributed by atoms with E-state index in [-0.39, 0.29) is 18.3 Å². The van der Waals surface area contributed by atoms with E-state index in [1.807, 2.05) is 30.3 Å². The smallest absolute Gasteiger partial charge is 0.289 e. The Bertz CT molecular complexity index is 519. The van der Waals surface area contributed by atoms with Gasteiger partial charge in [-0.05, 0) is 12.1 Å². The first-order valence-electron chi connectivity index (χ1n) is 5.74. The lowest BCUT2D eigenvalue weighted by molar-refractivity contribution is 0.0736. The van der Waals surface area contributed by atoms with Crippen LogP contribution in [0.15, 0.2) is 46.9 Å². The Morgan fingerprint density at radius 1 is 1.22 bits per heavy atom. The Morgan fingerprint density at radius 3 is 2.61 bits per heavy atom. The zero-order chi connectivity index (χ0) is 13.0. The van der Waals surface area contributed by atoms with Crippen molar-refractivity contribution in [2.24, 2.45) is 0 Å². The molecule has 1 heterocycles. The molecule has 18 heavy (non-hydrogen) atoms. The molecule has 0 bridgehead atoms. The Hall–Kier alpha value is -2.07. The quantitative estimate of drug-likeness (QED) is 0.896. The molecule has 1 aromatic carbocycles. The summed E-state index contributed by atoms with van der Waals surface area (Å²) in [6.07, 6.45) is 0. The number of hydrogen-bond acceptors (Lipinski definition) is 3. The minimum absolute atomic E-state index is 0.0610. The van der Waals surface area contributed by atoms with Crippen molar-refractivity contribution in [2.45, 2.75) is 0 Å². The van der Waals surface area contributed by atoms with Gasteiger partial charge in [-0.15, -0.1) is 0 Å². The highest BCUT2D eigenvalue weighted by atomic mass is 16.4. The van der Waals surface area contributed by atoms with Crippen molar-refractivity contribution < 1.29 is 14.3 Å². The van der Waals surface area contributed by atoms with E-state index in [2.05, 4.69) is 0 Å². The molecule has 0 aliphatic carbocycles. The predicted molar refractivity (Wildman–Crippen MR) is 68.2 cm³/mol. The lowest BCUT2D eigenvalue weighted by Gasteiger charge is -2.13. The van der Waals surface area contributed by atoms with Crippen LogP contribution >= 0.6 is 0 Å². The number of aliphatic hydroxyl groups excluding tert-OH is 1. The zero-order valence-electron chi connectivity index (χ0n) is 10.2. The third-order valence-corrected chi connectivity index (χ3v) is 2.66. The van der Waals surface area contributed by atoms with E-state index in [0.29, 0.717) is 12.3 Å². The van der Waals surface area contributed by atoms with Gasteiger partial charge in [-0.1, -0.05) is 30.3 Å². The molecule has 0 unspecified atom stereocenters. The monoisotopic (exact) mass is 245 g/mol. The van der Waals surface area contributed by atoms with E-state index in [1.165, 1.54) is 4.90 Å². The molecule has 0 atom stereocenters. The zero-order valence-corrected chi connectivity index (χ0v) is 10.2. The van der Waals surface area contributed by atoms with Gasteiger partial charge in [0.2, 0.25) is 0 Å². The van der Waals surface area contributed by atoms with Crippen LogP contribution in [0.3, 0.4) is 0 Å². The third-order valence-electron chi connectivity index (χ3n) is 2.66.